The maximum Gasteiger partial charge on any atom is 0.416 e. The van der Waals surface area contributed by atoms with Gasteiger partial charge in [0.25, 0.3) is 0 Å². The number of hydrogen-bond acceptors (Lipinski definition) is 2. The first-order valence-corrected chi connectivity index (χ1v) is 9.36. The van der Waals surface area contributed by atoms with Gasteiger partial charge < -0.3 is 4.90 Å². The van der Waals surface area contributed by atoms with Gasteiger partial charge in [-0.1, -0.05) is 29.8 Å². The Morgan fingerprint density at radius 1 is 1.19 bits per heavy atom. The van der Waals surface area contributed by atoms with Gasteiger partial charge in [0.1, 0.15) is 0 Å². The van der Waals surface area contributed by atoms with Gasteiger partial charge in [-0.3, -0.25) is 9.48 Å². The predicted octanol–water partition coefficient (Wildman–Crippen LogP) is 4.49. The van der Waals surface area contributed by atoms with E-state index in [1.165, 1.54) is 6.07 Å². The third-order valence-electron chi connectivity index (χ3n) is 5.55. The lowest BCUT2D eigenvalue weighted by atomic mass is 9.96. The van der Waals surface area contributed by atoms with E-state index in [-0.39, 0.29) is 30.5 Å². The summed E-state index contributed by atoms with van der Waals surface area (Å²) >= 11 is 5.95. The van der Waals surface area contributed by atoms with E-state index in [9.17, 15) is 18.0 Å². The summed E-state index contributed by atoms with van der Waals surface area (Å²) in [4.78, 5) is 14.7. The molecule has 1 aromatic heterocycles. The quantitative estimate of drug-likeness (QED) is 0.765. The van der Waals surface area contributed by atoms with Gasteiger partial charge >= 0.3 is 6.18 Å². The Morgan fingerprint density at radius 3 is 2.48 bits per heavy atom. The fourth-order valence-electron chi connectivity index (χ4n) is 4.41. The zero-order valence-electron chi connectivity index (χ0n) is 14.5. The van der Waals surface area contributed by atoms with Crippen molar-refractivity contribution < 1.29 is 18.0 Å². The Morgan fingerprint density at radius 2 is 1.89 bits per heavy atom. The van der Waals surface area contributed by atoms with E-state index in [4.69, 9.17) is 11.6 Å². The van der Waals surface area contributed by atoms with Gasteiger partial charge in [0, 0.05) is 18.3 Å². The summed E-state index contributed by atoms with van der Waals surface area (Å²) in [6.45, 7) is 0. The molecular weight excluding hydrogens is 379 g/mol. The molecule has 27 heavy (non-hydrogen) atoms. The average Bonchev–Trinajstić information content (AvgIpc) is 3.15. The minimum absolute atomic E-state index is 0.00478. The molecule has 0 spiro atoms. The number of aromatic nitrogens is 2. The average molecular weight is 398 g/mol. The van der Waals surface area contributed by atoms with Crippen molar-refractivity contribution >= 4 is 17.5 Å². The normalized spacial score (nSPS) is 25.0. The Labute approximate surface area is 159 Å². The largest absolute Gasteiger partial charge is 0.416 e. The van der Waals surface area contributed by atoms with E-state index in [2.05, 4.69) is 5.10 Å². The van der Waals surface area contributed by atoms with Crippen molar-refractivity contribution in [1.29, 1.82) is 0 Å². The zero-order valence-corrected chi connectivity index (χ0v) is 15.2. The number of rotatable bonds is 3. The van der Waals surface area contributed by atoms with Crippen molar-refractivity contribution in [2.75, 3.05) is 0 Å². The Bertz CT molecular complexity index is 837. The number of carbonyl (C=O) groups excluding carboxylic acids is 1. The Hall–Kier alpha value is -2.02. The van der Waals surface area contributed by atoms with Crippen LogP contribution < -0.4 is 0 Å². The summed E-state index contributed by atoms with van der Waals surface area (Å²) in [5, 5.41) is 4.87. The minimum Gasteiger partial charge on any atom is -0.336 e. The van der Waals surface area contributed by atoms with Crippen LogP contribution >= 0.6 is 11.6 Å². The lowest BCUT2D eigenvalue weighted by Gasteiger charge is -2.39. The number of carbonyl (C=O) groups is 1. The van der Waals surface area contributed by atoms with Crippen LogP contribution in [0.2, 0.25) is 5.02 Å². The van der Waals surface area contributed by atoms with E-state index >= 15 is 0 Å². The molecule has 1 aromatic carbocycles. The van der Waals surface area contributed by atoms with E-state index in [0.717, 1.165) is 37.8 Å². The lowest BCUT2D eigenvalue weighted by molar-refractivity contribution is -0.138. The van der Waals surface area contributed by atoms with Crippen LogP contribution in [0.1, 0.15) is 42.9 Å². The van der Waals surface area contributed by atoms with Crippen LogP contribution in [0.25, 0.3) is 0 Å². The molecule has 4 rings (SSSR count). The van der Waals surface area contributed by atoms with Crippen LogP contribution in [0.5, 0.6) is 0 Å². The first-order valence-electron chi connectivity index (χ1n) is 8.98. The topological polar surface area (TPSA) is 38.1 Å². The van der Waals surface area contributed by atoms with Crippen molar-refractivity contribution in [3.63, 3.8) is 0 Å². The van der Waals surface area contributed by atoms with Crippen LogP contribution in [0.15, 0.2) is 36.7 Å². The van der Waals surface area contributed by atoms with Gasteiger partial charge in [-0.15, -0.1) is 0 Å². The van der Waals surface area contributed by atoms with Gasteiger partial charge in [-0.05, 0) is 37.3 Å². The molecule has 0 N–H and O–H groups in total. The van der Waals surface area contributed by atoms with Gasteiger partial charge in [0.05, 0.1) is 29.2 Å². The van der Waals surface area contributed by atoms with Gasteiger partial charge in [-0.25, -0.2) is 0 Å². The summed E-state index contributed by atoms with van der Waals surface area (Å²) in [6.07, 6.45) is 2.43. The fraction of sp³-hybridized carbons (Fsp3) is 0.474. The maximum absolute atomic E-state index is 12.9. The standard InChI is InChI=1S/C19H19ClF3N3O/c20-14-10-24-25(11-14)17-8-15-4-5-16(9-17)26(15)18(27)7-12-2-1-3-13(6-12)19(21,22)23/h1-3,6,10-11,15-17H,4-5,7-9H2. The number of benzene rings is 1. The van der Waals surface area contributed by atoms with E-state index in [1.807, 2.05) is 9.58 Å². The first-order chi connectivity index (χ1) is 12.8. The second-order valence-electron chi connectivity index (χ2n) is 7.32. The number of amides is 1. The molecule has 2 atom stereocenters. The van der Waals surface area contributed by atoms with Crippen LogP contribution in [-0.4, -0.2) is 32.7 Å². The molecule has 2 bridgehead atoms. The molecule has 0 saturated carbocycles. The molecule has 144 valence electrons. The monoisotopic (exact) mass is 397 g/mol. The highest BCUT2D eigenvalue weighted by Crippen LogP contribution is 2.41. The Kier molecular flexibility index (Phi) is 4.66. The van der Waals surface area contributed by atoms with Gasteiger partial charge in [-0.2, -0.15) is 18.3 Å². The molecule has 2 fully saturated rings. The fourth-order valence-corrected chi connectivity index (χ4v) is 4.55. The summed E-state index contributed by atoms with van der Waals surface area (Å²) in [5.74, 6) is -0.0984. The summed E-state index contributed by atoms with van der Waals surface area (Å²) in [7, 11) is 0. The first kappa shape index (κ1) is 18.3. The van der Waals surface area contributed by atoms with Crippen LogP contribution in [0.4, 0.5) is 13.2 Å². The summed E-state index contributed by atoms with van der Waals surface area (Å²) in [6, 6.07) is 5.44. The van der Waals surface area contributed by atoms with Crippen molar-refractivity contribution in [1.82, 2.24) is 14.7 Å². The van der Waals surface area contributed by atoms with Crippen molar-refractivity contribution in [2.24, 2.45) is 0 Å². The number of piperidine rings is 1. The summed E-state index contributed by atoms with van der Waals surface area (Å²) in [5.41, 5.74) is -0.319. The van der Waals surface area contributed by atoms with Crippen molar-refractivity contribution in [2.45, 2.75) is 56.4 Å². The van der Waals surface area contributed by atoms with Gasteiger partial charge in [0.2, 0.25) is 5.91 Å². The Balaban J connectivity index is 1.46. The third kappa shape index (κ3) is 3.70. The van der Waals surface area contributed by atoms with E-state index < -0.39 is 11.7 Å². The van der Waals surface area contributed by atoms with Crippen LogP contribution in [-0.2, 0) is 17.4 Å². The SMILES string of the molecule is O=C(Cc1cccc(C(F)(F)F)c1)N1C2CCC1CC(n1cc(Cl)cn1)C2. The summed E-state index contributed by atoms with van der Waals surface area (Å²) < 4.78 is 40.5. The van der Waals surface area contributed by atoms with E-state index in [1.54, 1.807) is 18.5 Å². The molecule has 0 radical (unpaired) electrons. The number of hydrogen-bond donors (Lipinski definition) is 0. The highest BCUT2D eigenvalue weighted by atomic mass is 35.5. The molecule has 2 aromatic rings. The highest BCUT2D eigenvalue weighted by Gasteiger charge is 2.43. The number of halogens is 4. The molecule has 1 amide bonds. The predicted molar refractivity (Wildman–Crippen MR) is 94.3 cm³/mol. The zero-order chi connectivity index (χ0) is 19.2. The van der Waals surface area contributed by atoms with Crippen LogP contribution in [0, 0.1) is 0 Å². The number of alkyl halides is 3. The third-order valence-corrected chi connectivity index (χ3v) is 5.75. The molecule has 2 aliphatic rings. The molecule has 2 unspecified atom stereocenters. The van der Waals surface area contributed by atoms with Crippen LogP contribution in [0.3, 0.4) is 0 Å². The minimum atomic E-state index is -4.40. The van der Waals surface area contributed by atoms with Crippen molar-refractivity contribution in [3.05, 3.63) is 52.8 Å². The molecular formula is C19H19ClF3N3O. The number of nitrogens with zero attached hydrogens (tertiary/aromatic N) is 3. The molecule has 3 heterocycles. The molecule has 2 aliphatic heterocycles. The smallest absolute Gasteiger partial charge is 0.336 e. The lowest BCUT2D eigenvalue weighted by Crippen LogP contribution is -2.47. The molecule has 2 saturated heterocycles. The molecule has 4 nitrogen and oxygen atoms in total. The molecule has 0 aliphatic carbocycles. The maximum atomic E-state index is 12.9. The van der Waals surface area contributed by atoms with E-state index in [0.29, 0.717) is 10.6 Å². The highest BCUT2D eigenvalue weighted by molar-refractivity contribution is 6.30. The second kappa shape index (κ2) is 6.86. The van der Waals surface area contributed by atoms with Crippen molar-refractivity contribution in [3.8, 4) is 0 Å². The second-order valence-corrected chi connectivity index (χ2v) is 7.76. The molecule has 8 heteroatoms. The van der Waals surface area contributed by atoms with Gasteiger partial charge in [0.15, 0.2) is 0 Å². The number of fused-ring (bicyclic) bond motifs is 2.